The monoisotopic (exact) mass is 552 g/mol. The third kappa shape index (κ3) is 3.52. The van der Waals surface area contributed by atoms with Crippen LogP contribution in [0.1, 0.15) is 0 Å². The van der Waals surface area contributed by atoms with Gasteiger partial charge in [-0.3, -0.25) is 0 Å². The maximum Gasteiger partial charge on any atom is 0.252 e. The van der Waals surface area contributed by atoms with Crippen LogP contribution in [0.4, 0.5) is 0 Å². The molecule has 0 atom stereocenters. The van der Waals surface area contributed by atoms with Crippen LogP contribution in [0.3, 0.4) is 0 Å². The van der Waals surface area contributed by atoms with Crippen LogP contribution in [0.5, 0.6) is 0 Å². The minimum Gasteiger partial charge on any atom is -0.416 e. The summed E-state index contributed by atoms with van der Waals surface area (Å²) in [5, 5.41) is 14.0. The highest BCUT2D eigenvalue weighted by Crippen LogP contribution is 2.41. The summed E-state index contributed by atoms with van der Waals surface area (Å²) in [4.78, 5) is 0. The quantitative estimate of drug-likeness (QED) is 0.218. The Bertz CT molecular complexity index is 2230. The summed E-state index contributed by atoms with van der Waals surface area (Å²) in [5.41, 5.74) is 8.17. The van der Waals surface area contributed by atoms with E-state index in [0.29, 0.717) is 11.8 Å². The molecule has 0 saturated carbocycles. The van der Waals surface area contributed by atoms with Gasteiger partial charge in [-0.05, 0) is 48.5 Å². The van der Waals surface area contributed by atoms with Crippen molar-refractivity contribution in [3.05, 3.63) is 146 Å². The molecule has 0 N–H and O–H groups in total. The predicted molar refractivity (Wildman–Crippen MR) is 174 cm³/mol. The van der Waals surface area contributed by atoms with Crippen molar-refractivity contribution in [1.82, 2.24) is 19.3 Å². The summed E-state index contributed by atoms with van der Waals surface area (Å²) in [7, 11) is 0. The molecule has 0 saturated heterocycles. The molecule has 0 fully saturated rings. The Morgan fingerprint density at radius 2 is 0.767 bits per heavy atom. The molecule has 9 rings (SSSR count). The van der Waals surface area contributed by atoms with Gasteiger partial charge in [-0.1, -0.05) is 97.1 Å². The molecular formula is C38H24N4O. The molecule has 0 aliphatic rings. The van der Waals surface area contributed by atoms with Crippen LogP contribution in [0.25, 0.3) is 77.9 Å². The van der Waals surface area contributed by atoms with Crippen LogP contribution in [-0.2, 0) is 0 Å². The van der Waals surface area contributed by atoms with Crippen molar-refractivity contribution in [3.63, 3.8) is 0 Å². The van der Waals surface area contributed by atoms with Crippen LogP contribution in [0, 0.1) is 0 Å². The fourth-order valence-electron chi connectivity index (χ4n) is 6.51. The lowest BCUT2D eigenvalue weighted by molar-refractivity contribution is 0.584. The molecule has 202 valence electrons. The first-order valence-corrected chi connectivity index (χ1v) is 14.4. The van der Waals surface area contributed by atoms with Crippen molar-refractivity contribution in [1.29, 1.82) is 0 Å². The zero-order valence-corrected chi connectivity index (χ0v) is 23.1. The topological polar surface area (TPSA) is 48.8 Å². The molecule has 0 spiro atoms. The molecule has 3 heterocycles. The molecule has 0 aliphatic carbocycles. The summed E-state index contributed by atoms with van der Waals surface area (Å²) >= 11 is 0. The number of fused-ring (bicyclic) bond motifs is 6. The fraction of sp³-hybridized carbons (Fsp3) is 0. The lowest BCUT2D eigenvalue weighted by Crippen LogP contribution is -2.03. The molecule has 0 radical (unpaired) electrons. The van der Waals surface area contributed by atoms with Crippen molar-refractivity contribution in [3.8, 4) is 34.3 Å². The van der Waals surface area contributed by atoms with Gasteiger partial charge < -0.3 is 13.6 Å². The molecule has 0 amide bonds. The predicted octanol–water partition coefficient (Wildman–Crippen LogP) is 9.60. The highest BCUT2D eigenvalue weighted by molar-refractivity contribution is 6.11. The third-order valence-corrected chi connectivity index (χ3v) is 8.32. The number of hydrogen-bond donors (Lipinski definition) is 0. The Kier molecular flexibility index (Phi) is 5.13. The van der Waals surface area contributed by atoms with Crippen molar-refractivity contribution in [2.75, 3.05) is 0 Å². The zero-order chi connectivity index (χ0) is 28.3. The van der Waals surface area contributed by atoms with Gasteiger partial charge in [0.15, 0.2) is 0 Å². The molecule has 0 bridgehead atoms. The number of nitrogens with zero attached hydrogens (tertiary/aromatic N) is 4. The maximum atomic E-state index is 6.53. The van der Waals surface area contributed by atoms with Crippen LogP contribution in [0.2, 0.25) is 0 Å². The van der Waals surface area contributed by atoms with E-state index in [1.807, 2.05) is 30.3 Å². The lowest BCUT2D eigenvalue weighted by atomic mass is 10.1. The van der Waals surface area contributed by atoms with Crippen LogP contribution in [-0.4, -0.2) is 19.3 Å². The summed E-state index contributed by atoms with van der Waals surface area (Å²) < 4.78 is 11.2. The Morgan fingerprint density at radius 3 is 1.23 bits per heavy atom. The number of para-hydroxylation sites is 4. The van der Waals surface area contributed by atoms with Gasteiger partial charge in [0.2, 0.25) is 5.89 Å². The normalized spacial score (nSPS) is 11.7. The van der Waals surface area contributed by atoms with E-state index in [2.05, 4.69) is 135 Å². The first kappa shape index (κ1) is 23.7. The fourth-order valence-corrected chi connectivity index (χ4v) is 6.51. The SMILES string of the molecule is c1ccc(-c2nnc(-c3c(-n4c5ccccc5c5ccccc54)cccc3-n3c4ccccc4c4ccccc43)o2)cc1. The third-order valence-electron chi connectivity index (χ3n) is 8.32. The van der Waals surface area contributed by atoms with Crippen LogP contribution in [0.15, 0.2) is 150 Å². The van der Waals surface area contributed by atoms with Crippen LogP contribution < -0.4 is 0 Å². The lowest BCUT2D eigenvalue weighted by Gasteiger charge is -2.17. The molecule has 0 unspecified atom stereocenters. The van der Waals surface area contributed by atoms with Gasteiger partial charge in [-0.15, -0.1) is 10.2 Å². The molecule has 5 nitrogen and oxygen atoms in total. The molecule has 43 heavy (non-hydrogen) atoms. The second-order valence-corrected chi connectivity index (χ2v) is 10.7. The molecule has 3 aromatic heterocycles. The highest BCUT2D eigenvalue weighted by atomic mass is 16.4. The van der Waals surface area contributed by atoms with Crippen molar-refractivity contribution < 1.29 is 4.42 Å². The first-order valence-electron chi connectivity index (χ1n) is 14.4. The number of benzene rings is 6. The smallest absolute Gasteiger partial charge is 0.252 e. The van der Waals surface area contributed by atoms with Gasteiger partial charge in [0, 0.05) is 27.1 Å². The number of hydrogen-bond acceptors (Lipinski definition) is 3. The van der Waals surface area contributed by atoms with E-state index in [1.165, 1.54) is 21.5 Å². The molecule has 9 aromatic rings. The van der Waals surface area contributed by atoms with Gasteiger partial charge in [-0.2, -0.15) is 0 Å². The minimum absolute atomic E-state index is 0.466. The second kappa shape index (κ2) is 9.29. The second-order valence-electron chi connectivity index (χ2n) is 10.7. The number of rotatable bonds is 4. The van der Waals surface area contributed by atoms with Gasteiger partial charge in [0.1, 0.15) is 0 Å². The van der Waals surface area contributed by atoms with Gasteiger partial charge in [0.25, 0.3) is 5.89 Å². The molecule has 0 aliphatic heterocycles. The molecule has 5 heteroatoms. The largest absolute Gasteiger partial charge is 0.416 e. The first-order chi connectivity index (χ1) is 21.4. The molecular weight excluding hydrogens is 528 g/mol. The Labute approximate surface area is 246 Å². The van der Waals surface area contributed by atoms with E-state index in [1.54, 1.807) is 0 Å². The minimum atomic E-state index is 0.466. The average Bonchev–Trinajstić information content (AvgIpc) is 3.78. The number of aromatic nitrogens is 4. The Hall–Kier alpha value is -5.94. The van der Waals surface area contributed by atoms with Crippen molar-refractivity contribution >= 4 is 43.6 Å². The molecule has 6 aromatic carbocycles. The maximum absolute atomic E-state index is 6.53. The van der Waals surface area contributed by atoms with Gasteiger partial charge in [0.05, 0.1) is 39.0 Å². The Morgan fingerprint density at radius 1 is 0.372 bits per heavy atom. The van der Waals surface area contributed by atoms with E-state index in [-0.39, 0.29) is 0 Å². The van der Waals surface area contributed by atoms with E-state index in [0.717, 1.165) is 44.6 Å². The summed E-state index contributed by atoms with van der Waals surface area (Å²) in [6, 6.07) is 50.5. The van der Waals surface area contributed by atoms with E-state index >= 15 is 0 Å². The van der Waals surface area contributed by atoms with Crippen molar-refractivity contribution in [2.45, 2.75) is 0 Å². The summed E-state index contributed by atoms with van der Waals surface area (Å²) in [6.45, 7) is 0. The van der Waals surface area contributed by atoms with Gasteiger partial charge in [-0.25, -0.2) is 0 Å². The van der Waals surface area contributed by atoms with E-state index < -0.39 is 0 Å². The van der Waals surface area contributed by atoms with E-state index in [9.17, 15) is 0 Å². The Balaban J connectivity index is 1.43. The highest BCUT2D eigenvalue weighted by Gasteiger charge is 2.24. The zero-order valence-electron chi connectivity index (χ0n) is 23.1. The standard InChI is InChI=1S/C38H24N4O/c1-2-13-25(14-3-1)37-39-40-38(43-37)36-34(41-30-19-8-4-15-26(30)27-16-5-9-20-31(27)41)23-12-24-35(36)42-32-21-10-6-17-28(32)29-18-7-11-22-33(29)42/h1-24H. The average molecular weight is 553 g/mol. The summed E-state index contributed by atoms with van der Waals surface area (Å²) in [5.74, 6) is 0.953. The van der Waals surface area contributed by atoms with Gasteiger partial charge >= 0.3 is 0 Å². The summed E-state index contributed by atoms with van der Waals surface area (Å²) in [6.07, 6.45) is 0. The van der Waals surface area contributed by atoms with E-state index in [4.69, 9.17) is 4.42 Å². The van der Waals surface area contributed by atoms with Crippen LogP contribution >= 0.6 is 0 Å². The van der Waals surface area contributed by atoms with Crippen molar-refractivity contribution in [2.24, 2.45) is 0 Å².